The number of nitrogens with zero attached hydrogens (tertiary/aromatic N) is 1. The van der Waals surface area contributed by atoms with Crippen molar-refractivity contribution in [3.63, 3.8) is 0 Å². The lowest BCUT2D eigenvalue weighted by molar-refractivity contribution is 0.0920. The van der Waals surface area contributed by atoms with E-state index in [-0.39, 0.29) is 24.0 Å². The highest BCUT2D eigenvalue weighted by atomic mass is 35.5. The number of H-pyrrole nitrogens is 1. The number of amides is 1. The number of halogens is 1. The van der Waals surface area contributed by atoms with Crippen molar-refractivity contribution < 1.29 is 19.0 Å². The summed E-state index contributed by atoms with van der Waals surface area (Å²) in [6.07, 6.45) is 6.29. The van der Waals surface area contributed by atoms with Gasteiger partial charge in [0.1, 0.15) is 11.9 Å². The van der Waals surface area contributed by atoms with E-state index in [1.807, 2.05) is 25.1 Å². The molecule has 35 heavy (non-hydrogen) atoms. The number of ether oxygens (including phenoxy) is 3. The van der Waals surface area contributed by atoms with Gasteiger partial charge in [-0.05, 0) is 38.0 Å². The maximum absolute atomic E-state index is 13.4. The topological polar surface area (TPSA) is 97.5 Å². The molecule has 2 aliphatic rings. The molecule has 184 valence electrons. The average Bonchev–Trinajstić information content (AvgIpc) is 3.45. The number of methoxy groups -OCH3 is 2. The summed E-state index contributed by atoms with van der Waals surface area (Å²) in [4.78, 5) is 21.2. The Kier molecular flexibility index (Phi) is 6.58. The molecule has 1 fully saturated rings. The van der Waals surface area contributed by atoms with Crippen LogP contribution >= 0.6 is 11.6 Å². The summed E-state index contributed by atoms with van der Waals surface area (Å²) in [5.41, 5.74) is 4.41. The number of carbonyl (C=O) groups excluding carboxylic acids is 1. The van der Waals surface area contributed by atoms with Gasteiger partial charge < -0.3 is 29.8 Å². The van der Waals surface area contributed by atoms with Crippen LogP contribution in [0.4, 0.5) is 11.4 Å². The van der Waals surface area contributed by atoms with E-state index in [1.54, 1.807) is 32.7 Å². The third-order valence-electron chi connectivity index (χ3n) is 6.67. The van der Waals surface area contributed by atoms with Crippen molar-refractivity contribution in [1.82, 2.24) is 15.3 Å². The van der Waals surface area contributed by atoms with Gasteiger partial charge in [0.25, 0.3) is 5.91 Å². The molecule has 3 N–H and O–H groups in total. The molecule has 0 saturated heterocycles. The number of pyridine rings is 1. The number of carbonyl (C=O) groups is 1. The van der Waals surface area contributed by atoms with E-state index >= 15 is 0 Å². The molecule has 2 aromatic heterocycles. The molecule has 1 aliphatic carbocycles. The molecule has 8 nitrogen and oxygen atoms in total. The number of rotatable bonds is 8. The SMILES string of the molecule is COCC(C)Oc1cnccc1-c1[nH]c2c(c1Nc1cccc(Cl)c1OC)C(=O)N[C@@H]1CCC[C@H]21. The lowest BCUT2D eigenvalue weighted by Crippen LogP contribution is -2.41. The lowest BCUT2D eigenvalue weighted by Gasteiger charge is -2.27. The van der Waals surface area contributed by atoms with Crippen molar-refractivity contribution in [2.45, 2.75) is 44.2 Å². The van der Waals surface area contributed by atoms with E-state index in [0.29, 0.717) is 40.1 Å². The molecular formula is C26H29ClN4O4. The molecule has 0 spiro atoms. The minimum absolute atomic E-state index is 0.0987. The number of para-hydroxylation sites is 1. The van der Waals surface area contributed by atoms with Crippen LogP contribution in [0.1, 0.15) is 48.2 Å². The van der Waals surface area contributed by atoms with Crippen molar-refractivity contribution in [2.24, 2.45) is 0 Å². The third kappa shape index (κ3) is 4.32. The van der Waals surface area contributed by atoms with Crippen LogP contribution in [-0.4, -0.2) is 48.8 Å². The Morgan fingerprint density at radius 2 is 2.11 bits per heavy atom. The monoisotopic (exact) mass is 496 g/mol. The van der Waals surface area contributed by atoms with Crippen LogP contribution in [0.25, 0.3) is 11.3 Å². The lowest BCUT2D eigenvalue weighted by atomic mass is 9.91. The summed E-state index contributed by atoms with van der Waals surface area (Å²) in [7, 11) is 3.21. The van der Waals surface area contributed by atoms with Crippen LogP contribution in [-0.2, 0) is 4.74 Å². The number of hydrogen-bond acceptors (Lipinski definition) is 6. The highest BCUT2D eigenvalue weighted by molar-refractivity contribution is 6.32. The molecule has 9 heteroatoms. The summed E-state index contributed by atoms with van der Waals surface area (Å²) in [6, 6.07) is 7.51. The zero-order valence-corrected chi connectivity index (χ0v) is 20.7. The fourth-order valence-electron chi connectivity index (χ4n) is 5.19. The third-order valence-corrected chi connectivity index (χ3v) is 6.97. The molecule has 1 amide bonds. The minimum atomic E-state index is -0.181. The molecule has 0 bridgehead atoms. The standard InChI is InChI=1S/C26H29ClN4O4/c1-14(13-33-2)35-20-12-28-11-10-16(20)23-24(29-19-9-5-7-17(27)25(19)34-3)21-22(31-23)15-6-4-8-18(15)30-26(21)32/h5,7,9-12,14-15,18,29,31H,4,6,8,13H2,1-3H3,(H,30,32)/t14?,15-,18+/m0/s1. The van der Waals surface area contributed by atoms with E-state index in [1.165, 1.54) is 0 Å². The van der Waals surface area contributed by atoms with Crippen LogP contribution in [0, 0.1) is 0 Å². The van der Waals surface area contributed by atoms with E-state index < -0.39 is 0 Å². The number of fused-ring (bicyclic) bond motifs is 3. The maximum Gasteiger partial charge on any atom is 0.255 e. The molecule has 0 radical (unpaired) electrons. The van der Waals surface area contributed by atoms with Gasteiger partial charge in [-0.1, -0.05) is 24.1 Å². The summed E-state index contributed by atoms with van der Waals surface area (Å²) in [5, 5.41) is 7.14. The zero-order valence-electron chi connectivity index (χ0n) is 20.0. The van der Waals surface area contributed by atoms with Gasteiger partial charge in [-0.2, -0.15) is 0 Å². The molecule has 1 saturated carbocycles. The minimum Gasteiger partial charge on any atom is -0.493 e. The average molecular weight is 497 g/mol. The molecule has 5 rings (SSSR count). The van der Waals surface area contributed by atoms with Crippen LogP contribution in [0.3, 0.4) is 0 Å². The second kappa shape index (κ2) is 9.79. The van der Waals surface area contributed by atoms with Gasteiger partial charge in [-0.25, -0.2) is 0 Å². The van der Waals surface area contributed by atoms with Gasteiger partial charge in [0.15, 0.2) is 5.75 Å². The molecule has 1 unspecified atom stereocenters. The quantitative estimate of drug-likeness (QED) is 0.393. The maximum atomic E-state index is 13.4. The van der Waals surface area contributed by atoms with Gasteiger partial charge in [-0.3, -0.25) is 9.78 Å². The number of benzene rings is 1. The van der Waals surface area contributed by atoms with E-state index in [2.05, 4.69) is 20.6 Å². The normalized spacial score (nSPS) is 19.5. The Balaban J connectivity index is 1.67. The molecule has 1 aromatic carbocycles. The summed E-state index contributed by atoms with van der Waals surface area (Å²) in [5.74, 6) is 1.24. The fraction of sp³-hybridized carbons (Fsp3) is 0.385. The van der Waals surface area contributed by atoms with E-state index in [4.69, 9.17) is 25.8 Å². The predicted molar refractivity (Wildman–Crippen MR) is 135 cm³/mol. The Labute approximate surface area is 209 Å². The highest BCUT2D eigenvalue weighted by Gasteiger charge is 2.41. The molecule has 3 aromatic rings. The van der Waals surface area contributed by atoms with Crippen molar-refractivity contribution in [2.75, 3.05) is 26.1 Å². The summed E-state index contributed by atoms with van der Waals surface area (Å²) < 4.78 is 17.0. The van der Waals surface area contributed by atoms with Crippen molar-refractivity contribution in [3.8, 4) is 22.8 Å². The summed E-state index contributed by atoms with van der Waals surface area (Å²) in [6.45, 7) is 2.37. The van der Waals surface area contributed by atoms with Crippen LogP contribution < -0.4 is 20.1 Å². The van der Waals surface area contributed by atoms with Gasteiger partial charge in [0.2, 0.25) is 0 Å². The molecular weight excluding hydrogens is 468 g/mol. The number of hydrogen-bond donors (Lipinski definition) is 3. The van der Waals surface area contributed by atoms with Gasteiger partial charge in [-0.15, -0.1) is 0 Å². The molecule has 3 heterocycles. The highest BCUT2D eigenvalue weighted by Crippen LogP contribution is 2.48. The van der Waals surface area contributed by atoms with Crippen molar-refractivity contribution in [1.29, 1.82) is 0 Å². The number of anilines is 2. The van der Waals surface area contributed by atoms with Gasteiger partial charge in [0.05, 0.1) is 47.6 Å². The van der Waals surface area contributed by atoms with E-state index in [0.717, 1.165) is 36.2 Å². The number of aromatic nitrogens is 2. The molecule has 1 aliphatic heterocycles. The Morgan fingerprint density at radius 1 is 1.26 bits per heavy atom. The Morgan fingerprint density at radius 3 is 2.91 bits per heavy atom. The van der Waals surface area contributed by atoms with Crippen LogP contribution in [0.5, 0.6) is 11.5 Å². The summed E-state index contributed by atoms with van der Waals surface area (Å²) >= 11 is 6.39. The first kappa shape index (κ1) is 23.5. The number of nitrogens with one attached hydrogen (secondary N) is 3. The number of aromatic amines is 1. The first-order valence-electron chi connectivity index (χ1n) is 11.8. The Hall–Kier alpha value is -3.23. The second-order valence-corrected chi connectivity index (χ2v) is 9.39. The van der Waals surface area contributed by atoms with Crippen molar-refractivity contribution >= 4 is 28.9 Å². The Bertz CT molecular complexity index is 1240. The van der Waals surface area contributed by atoms with Gasteiger partial charge in [0, 0.05) is 36.5 Å². The first-order chi connectivity index (χ1) is 17.0. The van der Waals surface area contributed by atoms with Gasteiger partial charge >= 0.3 is 0 Å². The van der Waals surface area contributed by atoms with E-state index in [9.17, 15) is 4.79 Å². The second-order valence-electron chi connectivity index (χ2n) is 8.98. The van der Waals surface area contributed by atoms with Crippen LogP contribution in [0.2, 0.25) is 5.02 Å². The van der Waals surface area contributed by atoms with Crippen molar-refractivity contribution in [3.05, 3.63) is 52.9 Å². The molecule has 3 atom stereocenters. The fourth-order valence-corrected chi connectivity index (χ4v) is 5.45. The van der Waals surface area contributed by atoms with Crippen LogP contribution in [0.15, 0.2) is 36.7 Å². The first-order valence-corrected chi connectivity index (χ1v) is 12.2. The largest absolute Gasteiger partial charge is 0.493 e. The predicted octanol–water partition coefficient (Wildman–Crippen LogP) is 5.28. The zero-order chi connectivity index (χ0) is 24.5. The smallest absolute Gasteiger partial charge is 0.255 e.